The van der Waals surface area contributed by atoms with Crippen molar-refractivity contribution in [1.29, 1.82) is 0 Å². The molecule has 3 nitrogen and oxygen atoms in total. The van der Waals surface area contributed by atoms with Gasteiger partial charge in [-0.2, -0.15) is 0 Å². The number of hydrogen-bond donors (Lipinski definition) is 1. The lowest BCUT2D eigenvalue weighted by Crippen LogP contribution is -2.14. The van der Waals surface area contributed by atoms with Gasteiger partial charge >= 0.3 is 4.87 Å². The zero-order chi connectivity index (χ0) is 16.5. The zero-order valence-electron chi connectivity index (χ0n) is 12.7. The second-order valence-corrected chi connectivity index (χ2v) is 6.92. The van der Waals surface area contributed by atoms with Gasteiger partial charge in [0.05, 0.1) is 22.1 Å². The summed E-state index contributed by atoms with van der Waals surface area (Å²) in [6, 6.07) is 17.9. The van der Waals surface area contributed by atoms with Crippen LogP contribution in [-0.4, -0.2) is 10.8 Å². The number of thiol groups is 1. The Labute approximate surface area is 149 Å². The van der Waals surface area contributed by atoms with Gasteiger partial charge in [0.1, 0.15) is 0 Å². The summed E-state index contributed by atoms with van der Waals surface area (Å²) in [5, 5.41) is 0.694. The van der Waals surface area contributed by atoms with E-state index in [1.807, 2.05) is 66.9 Å². The van der Waals surface area contributed by atoms with E-state index in [-0.39, 0.29) is 4.87 Å². The number of rotatable bonds is 3. The Morgan fingerprint density at radius 2 is 1.83 bits per heavy atom. The average molecular weight is 350 g/mol. The maximum atomic E-state index is 12.4. The highest BCUT2D eigenvalue weighted by Gasteiger charge is 2.15. The molecule has 0 saturated carbocycles. The van der Waals surface area contributed by atoms with E-state index in [4.69, 9.17) is 0 Å². The molecule has 0 saturated heterocycles. The first kappa shape index (κ1) is 15.2. The van der Waals surface area contributed by atoms with E-state index < -0.39 is 0 Å². The number of aromatic nitrogens is 1. The summed E-state index contributed by atoms with van der Waals surface area (Å²) >= 11 is 5.80. The molecule has 0 fully saturated rings. The van der Waals surface area contributed by atoms with Crippen molar-refractivity contribution in [2.75, 3.05) is 0 Å². The first-order chi connectivity index (χ1) is 11.7. The van der Waals surface area contributed by atoms with Crippen LogP contribution in [-0.2, 0) is 6.54 Å². The van der Waals surface area contributed by atoms with Gasteiger partial charge in [0, 0.05) is 17.4 Å². The highest BCUT2D eigenvalue weighted by Crippen LogP contribution is 2.33. The Balaban J connectivity index is 1.72. The third-order valence-corrected chi connectivity index (χ3v) is 5.48. The van der Waals surface area contributed by atoms with Crippen LogP contribution in [0, 0.1) is 0 Å². The summed E-state index contributed by atoms with van der Waals surface area (Å²) in [6.07, 6.45) is 3.83. The van der Waals surface area contributed by atoms with Crippen molar-refractivity contribution >= 4 is 47.5 Å². The number of allylic oxidation sites excluding steroid dienone is 1. The van der Waals surface area contributed by atoms with Crippen LogP contribution in [0.2, 0.25) is 0 Å². The molecule has 1 aromatic heterocycles. The quantitative estimate of drug-likeness (QED) is 0.693. The van der Waals surface area contributed by atoms with Gasteiger partial charge in [0.25, 0.3) is 0 Å². The number of benzene rings is 2. The lowest BCUT2D eigenvalue weighted by atomic mass is 10.1. The molecule has 5 heteroatoms. The van der Waals surface area contributed by atoms with Crippen molar-refractivity contribution in [2.45, 2.75) is 11.6 Å². The van der Waals surface area contributed by atoms with Crippen LogP contribution in [0.4, 0.5) is 5.69 Å². The smallest absolute Gasteiger partial charge is 0.289 e. The highest BCUT2D eigenvalue weighted by molar-refractivity contribution is 7.80. The molecule has 0 unspecified atom stereocenters. The molecule has 3 aromatic rings. The number of thiazole rings is 1. The Morgan fingerprint density at radius 3 is 2.67 bits per heavy atom. The van der Waals surface area contributed by atoms with Gasteiger partial charge in [0.2, 0.25) is 0 Å². The second kappa shape index (κ2) is 6.26. The molecule has 0 aliphatic carbocycles. The third kappa shape index (κ3) is 2.77. The van der Waals surface area contributed by atoms with Crippen molar-refractivity contribution in [3.63, 3.8) is 0 Å². The predicted molar refractivity (Wildman–Crippen MR) is 104 cm³/mol. The van der Waals surface area contributed by atoms with E-state index >= 15 is 0 Å². The molecule has 2 aromatic carbocycles. The van der Waals surface area contributed by atoms with Crippen molar-refractivity contribution in [1.82, 2.24) is 4.57 Å². The van der Waals surface area contributed by atoms with Crippen molar-refractivity contribution in [2.24, 2.45) is 4.99 Å². The lowest BCUT2D eigenvalue weighted by Gasteiger charge is -2.04. The molecule has 24 heavy (non-hydrogen) atoms. The first-order valence-corrected chi connectivity index (χ1v) is 8.80. The largest absolute Gasteiger partial charge is 0.308 e. The monoisotopic (exact) mass is 350 g/mol. The van der Waals surface area contributed by atoms with Gasteiger partial charge in [-0.05, 0) is 17.7 Å². The fourth-order valence-electron chi connectivity index (χ4n) is 2.71. The minimum absolute atomic E-state index is 0.000996. The summed E-state index contributed by atoms with van der Waals surface area (Å²) in [7, 11) is 0. The molecule has 2 heterocycles. The number of hydrogen-bond acceptors (Lipinski definition) is 4. The summed E-state index contributed by atoms with van der Waals surface area (Å²) in [5.74, 6) is 0. The summed E-state index contributed by atoms with van der Waals surface area (Å²) in [5.41, 5.74) is 4.13. The molecule has 118 valence electrons. The Bertz CT molecular complexity index is 1010. The van der Waals surface area contributed by atoms with Crippen molar-refractivity contribution in [3.8, 4) is 0 Å². The summed E-state index contributed by atoms with van der Waals surface area (Å²) in [4.78, 5) is 17.6. The number of para-hydroxylation sites is 1. The van der Waals surface area contributed by atoms with Gasteiger partial charge in [-0.1, -0.05) is 59.9 Å². The van der Waals surface area contributed by atoms with E-state index in [0.29, 0.717) is 11.6 Å². The maximum absolute atomic E-state index is 12.4. The molecule has 1 aliphatic rings. The summed E-state index contributed by atoms with van der Waals surface area (Å²) < 4.78 is 1.70. The average Bonchev–Trinajstić information content (AvgIpc) is 3.13. The molecule has 0 atom stereocenters. The molecule has 1 aliphatic heterocycles. The molecular formula is C19H14N2OS2. The molecule has 0 bridgehead atoms. The van der Waals surface area contributed by atoms with Crippen molar-refractivity contribution < 1.29 is 0 Å². The summed E-state index contributed by atoms with van der Waals surface area (Å²) in [6.45, 7) is 0.531. The minimum Gasteiger partial charge on any atom is -0.289 e. The SMILES string of the molecule is O=c1sc(/C=C2/C=Nc3ccccc32)c(S)n1Cc1ccccc1. The van der Waals surface area contributed by atoms with Crippen LogP contribution < -0.4 is 4.87 Å². The number of nitrogens with zero attached hydrogens (tertiary/aromatic N) is 2. The zero-order valence-corrected chi connectivity index (χ0v) is 14.4. The van der Waals surface area contributed by atoms with Crippen LogP contribution in [0.5, 0.6) is 0 Å². The Kier molecular flexibility index (Phi) is 3.96. The lowest BCUT2D eigenvalue weighted by molar-refractivity contribution is 0.713. The fraction of sp³-hybridized carbons (Fsp3) is 0.0526. The highest BCUT2D eigenvalue weighted by atomic mass is 32.1. The van der Waals surface area contributed by atoms with E-state index in [0.717, 1.165) is 27.3 Å². The second-order valence-electron chi connectivity index (χ2n) is 5.50. The van der Waals surface area contributed by atoms with Gasteiger partial charge in [-0.15, -0.1) is 12.6 Å². The Hall–Kier alpha value is -2.37. The first-order valence-electron chi connectivity index (χ1n) is 7.54. The normalized spacial score (nSPS) is 14.3. The van der Waals surface area contributed by atoms with E-state index in [9.17, 15) is 4.79 Å². The van der Waals surface area contributed by atoms with Crippen LogP contribution >= 0.6 is 24.0 Å². The predicted octanol–water partition coefficient (Wildman–Crippen LogP) is 4.50. The third-order valence-electron chi connectivity index (χ3n) is 3.92. The topological polar surface area (TPSA) is 34.4 Å². The Morgan fingerprint density at radius 1 is 1.08 bits per heavy atom. The van der Waals surface area contributed by atoms with Crippen LogP contribution in [0.25, 0.3) is 11.6 Å². The number of aliphatic imine (C=N–C) groups is 1. The maximum Gasteiger partial charge on any atom is 0.308 e. The number of fused-ring (bicyclic) bond motifs is 1. The molecule has 0 radical (unpaired) electrons. The molecule has 4 rings (SSSR count). The molecular weight excluding hydrogens is 336 g/mol. The van der Waals surface area contributed by atoms with Gasteiger partial charge in [-0.25, -0.2) is 0 Å². The van der Waals surface area contributed by atoms with Crippen LogP contribution in [0.15, 0.2) is 69.4 Å². The van der Waals surface area contributed by atoms with E-state index in [1.165, 1.54) is 11.3 Å². The van der Waals surface area contributed by atoms with Crippen molar-refractivity contribution in [3.05, 3.63) is 80.3 Å². The van der Waals surface area contributed by atoms with Gasteiger partial charge < -0.3 is 0 Å². The standard InChI is InChI=1S/C19H14N2OS2/c22-19-21(12-13-6-2-1-3-7-13)18(23)17(24-19)10-14-11-20-16-9-5-4-8-15(14)16/h1-11,23H,12H2/b14-10-. The van der Waals surface area contributed by atoms with Gasteiger partial charge in [0.15, 0.2) is 0 Å². The minimum atomic E-state index is -0.000996. The van der Waals surface area contributed by atoms with Gasteiger partial charge in [-0.3, -0.25) is 14.4 Å². The van der Waals surface area contributed by atoms with E-state index in [2.05, 4.69) is 17.6 Å². The van der Waals surface area contributed by atoms with Crippen LogP contribution in [0.1, 0.15) is 16.0 Å². The fourth-order valence-corrected chi connectivity index (χ4v) is 3.98. The van der Waals surface area contributed by atoms with Crippen LogP contribution in [0.3, 0.4) is 0 Å². The molecule has 0 amide bonds. The van der Waals surface area contributed by atoms with E-state index in [1.54, 1.807) is 4.57 Å². The molecule has 0 spiro atoms. The molecule has 0 N–H and O–H groups in total.